The minimum atomic E-state index is -0.225. The normalized spacial score (nSPS) is 12.5. The molecule has 0 spiro atoms. The van der Waals surface area contributed by atoms with Gasteiger partial charge in [0.25, 0.3) is 11.8 Å². The fourth-order valence-corrected chi connectivity index (χ4v) is 3.08. The fourth-order valence-electron chi connectivity index (χ4n) is 3.08. The highest BCUT2D eigenvalue weighted by Gasteiger charge is 2.25. The molecular weight excluding hydrogens is 340 g/mol. The Labute approximate surface area is 157 Å². The van der Waals surface area contributed by atoms with Gasteiger partial charge in [-0.05, 0) is 49.4 Å². The predicted molar refractivity (Wildman–Crippen MR) is 105 cm³/mol. The standard InChI is InChI=1S/C22H18N2O3/c1-14-6-5-7-15(12-14)21(25)23-16-10-11-19-17(13-16)22(26)24(2)18-8-3-4-9-20(18)27-19/h3-13H,1-2H3,(H,23,25). The van der Waals surface area contributed by atoms with E-state index in [4.69, 9.17) is 4.74 Å². The summed E-state index contributed by atoms with van der Waals surface area (Å²) in [6.45, 7) is 1.93. The van der Waals surface area contributed by atoms with Gasteiger partial charge in [0.05, 0.1) is 11.3 Å². The summed E-state index contributed by atoms with van der Waals surface area (Å²) in [5.41, 5.74) is 3.21. The highest BCUT2D eigenvalue weighted by atomic mass is 16.5. The Bertz CT molecular complexity index is 1060. The van der Waals surface area contributed by atoms with Crippen molar-refractivity contribution in [1.82, 2.24) is 0 Å². The van der Waals surface area contributed by atoms with Crippen LogP contribution in [0.4, 0.5) is 11.4 Å². The summed E-state index contributed by atoms with van der Waals surface area (Å²) in [4.78, 5) is 26.9. The molecule has 5 nitrogen and oxygen atoms in total. The van der Waals surface area contributed by atoms with Crippen LogP contribution in [0.5, 0.6) is 11.5 Å². The van der Waals surface area contributed by atoms with Crippen LogP contribution in [-0.4, -0.2) is 18.9 Å². The topological polar surface area (TPSA) is 58.6 Å². The van der Waals surface area contributed by atoms with Crippen LogP contribution in [-0.2, 0) is 0 Å². The first-order chi connectivity index (χ1) is 13.0. The lowest BCUT2D eigenvalue weighted by Crippen LogP contribution is -2.25. The number of carbonyl (C=O) groups is 2. The molecule has 4 rings (SSSR count). The first-order valence-electron chi connectivity index (χ1n) is 8.60. The summed E-state index contributed by atoms with van der Waals surface area (Å²) in [6.07, 6.45) is 0. The molecule has 0 aromatic heterocycles. The number of ether oxygens (including phenoxy) is 1. The van der Waals surface area contributed by atoms with Gasteiger partial charge in [0.2, 0.25) is 0 Å². The molecule has 0 atom stereocenters. The zero-order chi connectivity index (χ0) is 19.0. The number of anilines is 2. The first kappa shape index (κ1) is 16.8. The molecule has 0 bridgehead atoms. The van der Waals surface area contributed by atoms with Crippen molar-refractivity contribution in [2.45, 2.75) is 6.92 Å². The number of para-hydroxylation sites is 2. The van der Waals surface area contributed by atoms with Gasteiger partial charge in [-0.2, -0.15) is 0 Å². The molecule has 1 aliphatic heterocycles. The molecule has 3 aromatic rings. The number of benzene rings is 3. The molecule has 0 fully saturated rings. The molecule has 5 heteroatoms. The molecule has 0 saturated carbocycles. The Morgan fingerprint density at radius 3 is 2.59 bits per heavy atom. The van der Waals surface area contributed by atoms with Gasteiger partial charge in [-0.25, -0.2) is 0 Å². The van der Waals surface area contributed by atoms with Crippen molar-refractivity contribution in [2.75, 3.05) is 17.3 Å². The minimum absolute atomic E-state index is 0.193. The first-order valence-corrected chi connectivity index (χ1v) is 8.60. The zero-order valence-corrected chi connectivity index (χ0v) is 15.0. The van der Waals surface area contributed by atoms with E-state index in [-0.39, 0.29) is 11.8 Å². The average molecular weight is 358 g/mol. The highest BCUT2D eigenvalue weighted by molar-refractivity contribution is 6.11. The van der Waals surface area contributed by atoms with Gasteiger partial charge in [-0.3, -0.25) is 9.59 Å². The molecule has 2 amide bonds. The number of rotatable bonds is 2. The Morgan fingerprint density at radius 2 is 1.78 bits per heavy atom. The predicted octanol–water partition coefficient (Wildman–Crippen LogP) is 4.63. The number of carbonyl (C=O) groups excluding carboxylic acids is 2. The van der Waals surface area contributed by atoms with E-state index in [9.17, 15) is 9.59 Å². The SMILES string of the molecule is Cc1cccc(C(=O)Nc2ccc3c(c2)C(=O)N(C)c2ccccc2O3)c1. The average Bonchev–Trinajstić information content (AvgIpc) is 2.78. The van der Waals surface area contributed by atoms with Crippen LogP contribution in [0, 0.1) is 6.92 Å². The van der Waals surface area contributed by atoms with Gasteiger partial charge in [-0.15, -0.1) is 0 Å². The number of nitrogens with zero attached hydrogens (tertiary/aromatic N) is 1. The third kappa shape index (κ3) is 3.15. The number of amides is 2. The Kier molecular flexibility index (Phi) is 4.12. The van der Waals surface area contributed by atoms with Crippen molar-refractivity contribution >= 4 is 23.2 Å². The van der Waals surface area contributed by atoms with Crippen LogP contribution in [0.2, 0.25) is 0 Å². The van der Waals surface area contributed by atoms with Crippen LogP contribution in [0.1, 0.15) is 26.3 Å². The van der Waals surface area contributed by atoms with Gasteiger partial charge in [0.1, 0.15) is 5.75 Å². The van der Waals surface area contributed by atoms with E-state index < -0.39 is 0 Å². The van der Waals surface area contributed by atoms with Crippen molar-refractivity contribution < 1.29 is 14.3 Å². The lowest BCUT2D eigenvalue weighted by Gasteiger charge is -2.16. The molecule has 27 heavy (non-hydrogen) atoms. The second-order valence-electron chi connectivity index (χ2n) is 6.47. The fraction of sp³-hybridized carbons (Fsp3) is 0.0909. The van der Waals surface area contributed by atoms with E-state index in [1.165, 1.54) is 0 Å². The molecule has 0 radical (unpaired) electrons. The number of nitrogens with one attached hydrogen (secondary N) is 1. The van der Waals surface area contributed by atoms with E-state index in [2.05, 4.69) is 5.32 Å². The number of hydrogen-bond donors (Lipinski definition) is 1. The third-order valence-corrected chi connectivity index (χ3v) is 4.50. The molecule has 0 aliphatic carbocycles. The second kappa shape index (κ2) is 6.61. The summed E-state index contributed by atoms with van der Waals surface area (Å²) in [6, 6.07) is 19.8. The second-order valence-corrected chi connectivity index (χ2v) is 6.47. The summed E-state index contributed by atoms with van der Waals surface area (Å²) in [5.74, 6) is 0.660. The maximum Gasteiger partial charge on any atom is 0.261 e. The van der Waals surface area contributed by atoms with Gasteiger partial charge in [0.15, 0.2) is 5.75 Å². The lowest BCUT2D eigenvalue weighted by atomic mass is 10.1. The minimum Gasteiger partial charge on any atom is -0.454 e. The molecular formula is C22H18N2O3. The molecule has 1 heterocycles. The van der Waals surface area contributed by atoms with Gasteiger partial charge in [-0.1, -0.05) is 29.8 Å². The van der Waals surface area contributed by atoms with Crippen LogP contribution < -0.4 is 15.0 Å². The van der Waals surface area contributed by atoms with Crippen LogP contribution in [0.3, 0.4) is 0 Å². The quantitative estimate of drug-likeness (QED) is 0.727. The molecule has 134 valence electrons. The van der Waals surface area contributed by atoms with Crippen LogP contribution in [0.25, 0.3) is 0 Å². The zero-order valence-electron chi connectivity index (χ0n) is 15.0. The van der Waals surface area contributed by atoms with E-state index >= 15 is 0 Å². The molecule has 0 saturated heterocycles. The van der Waals surface area contributed by atoms with Crippen molar-refractivity contribution in [3.63, 3.8) is 0 Å². The molecule has 0 unspecified atom stereocenters. The van der Waals surface area contributed by atoms with Crippen molar-refractivity contribution in [3.8, 4) is 11.5 Å². The van der Waals surface area contributed by atoms with Crippen molar-refractivity contribution in [2.24, 2.45) is 0 Å². The lowest BCUT2D eigenvalue weighted by molar-refractivity contribution is 0.0990. The maximum atomic E-state index is 12.9. The van der Waals surface area contributed by atoms with Crippen molar-refractivity contribution in [3.05, 3.63) is 83.4 Å². The van der Waals surface area contributed by atoms with Gasteiger partial charge < -0.3 is 15.0 Å². The molecule has 1 aliphatic rings. The monoisotopic (exact) mass is 358 g/mol. The largest absolute Gasteiger partial charge is 0.454 e. The van der Waals surface area contributed by atoms with Crippen LogP contribution in [0.15, 0.2) is 66.7 Å². The summed E-state index contributed by atoms with van der Waals surface area (Å²) in [7, 11) is 1.71. The molecule has 1 N–H and O–H groups in total. The van der Waals surface area contributed by atoms with Gasteiger partial charge >= 0.3 is 0 Å². The summed E-state index contributed by atoms with van der Waals surface area (Å²) < 4.78 is 5.93. The maximum absolute atomic E-state index is 12.9. The van der Waals surface area contributed by atoms with E-state index in [0.29, 0.717) is 34.0 Å². The van der Waals surface area contributed by atoms with Crippen molar-refractivity contribution in [1.29, 1.82) is 0 Å². The van der Waals surface area contributed by atoms with E-state index in [0.717, 1.165) is 5.56 Å². The Balaban J connectivity index is 1.66. The Morgan fingerprint density at radius 1 is 0.963 bits per heavy atom. The Hall–Kier alpha value is -3.60. The summed E-state index contributed by atoms with van der Waals surface area (Å²) >= 11 is 0. The highest BCUT2D eigenvalue weighted by Crippen LogP contribution is 2.38. The van der Waals surface area contributed by atoms with E-state index in [1.807, 2.05) is 49.4 Å². The number of hydrogen-bond acceptors (Lipinski definition) is 3. The summed E-state index contributed by atoms with van der Waals surface area (Å²) in [5, 5.41) is 2.85. The van der Waals surface area contributed by atoms with E-state index in [1.54, 1.807) is 36.2 Å². The smallest absolute Gasteiger partial charge is 0.261 e. The van der Waals surface area contributed by atoms with Crippen LogP contribution >= 0.6 is 0 Å². The third-order valence-electron chi connectivity index (χ3n) is 4.50. The molecule has 3 aromatic carbocycles. The number of fused-ring (bicyclic) bond motifs is 2. The number of aryl methyl sites for hydroxylation is 1. The van der Waals surface area contributed by atoms with Gasteiger partial charge in [0, 0.05) is 18.3 Å².